The van der Waals surface area contributed by atoms with Crippen LogP contribution in [-0.4, -0.2) is 52.6 Å². The van der Waals surface area contributed by atoms with Gasteiger partial charge in [-0.25, -0.2) is 8.42 Å². The monoisotopic (exact) mass is 476 g/mol. The SMILES string of the molecule is C=CCN(c1ccccc1OC)S(=O)(=O)c1ccc(Cl)c(C(=O)N(C)CC(F)(F)F)c1. The number of benzene rings is 2. The molecule has 11 heteroatoms. The topological polar surface area (TPSA) is 66.9 Å². The van der Waals surface area contributed by atoms with Gasteiger partial charge in [0.05, 0.1) is 34.8 Å². The third-order valence-electron chi connectivity index (χ3n) is 4.17. The Bertz CT molecular complexity index is 1070. The molecular formula is C20H20ClF3N2O4S. The molecule has 0 aliphatic heterocycles. The van der Waals surface area contributed by atoms with Crippen LogP contribution in [-0.2, 0) is 10.0 Å². The number of halogens is 4. The zero-order chi connectivity index (χ0) is 23.4. The van der Waals surface area contributed by atoms with Gasteiger partial charge in [0, 0.05) is 7.05 Å². The molecule has 1 amide bonds. The van der Waals surface area contributed by atoms with Crippen LogP contribution >= 0.6 is 11.6 Å². The maximum Gasteiger partial charge on any atom is 0.406 e. The molecule has 2 aromatic carbocycles. The Hall–Kier alpha value is -2.72. The van der Waals surface area contributed by atoms with Crippen molar-refractivity contribution in [3.05, 3.63) is 65.7 Å². The largest absolute Gasteiger partial charge is 0.495 e. The van der Waals surface area contributed by atoms with Gasteiger partial charge in [0.15, 0.2) is 0 Å². The van der Waals surface area contributed by atoms with Crippen LogP contribution in [0.15, 0.2) is 60.0 Å². The van der Waals surface area contributed by atoms with Gasteiger partial charge in [-0.2, -0.15) is 13.2 Å². The van der Waals surface area contributed by atoms with Crippen molar-refractivity contribution in [1.82, 2.24) is 4.90 Å². The number of sulfonamides is 1. The summed E-state index contributed by atoms with van der Waals surface area (Å²) in [5.74, 6) is -0.782. The molecule has 0 fully saturated rings. The minimum atomic E-state index is -4.62. The van der Waals surface area contributed by atoms with E-state index in [9.17, 15) is 26.4 Å². The Balaban J connectivity index is 2.54. The van der Waals surface area contributed by atoms with Crippen LogP contribution in [0.25, 0.3) is 0 Å². The first kappa shape index (κ1) is 24.5. The number of amides is 1. The Morgan fingerprint density at radius 1 is 1.23 bits per heavy atom. The standard InChI is InChI=1S/C20H20ClF3N2O4S/c1-4-11-26(17-7-5-6-8-18(17)30-3)31(28,29)14-9-10-16(21)15(12-14)19(27)25(2)13-20(22,23)24/h4-10,12H,1,11,13H2,2-3H3. The minimum absolute atomic E-state index is 0.122. The lowest BCUT2D eigenvalue weighted by atomic mass is 10.2. The van der Waals surface area contributed by atoms with Gasteiger partial charge in [-0.05, 0) is 30.3 Å². The zero-order valence-electron chi connectivity index (χ0n) is 16.7. The second-order valence-corrected chi connectivity index (χ2v) is 8.68. The van der Waals surface area contributed by atoms with Crippen LogP contribution in [0.4, 0.5) is 18.9 Å². The average Bonchev–Trinajstić information content (AvgIpc) is 2.70. The number of hydrogen-bond acceptors (Lipinski definition) is 4. The summed E-state index contributed by atoms with van der Waals surface area (Å²) >= 11 is 5.99. The zero-order valence-corrected chi connectivity index (χ0v) is 18.3. The minimum Gasteiger partial charge on any atom is -0.495 e. The molecule has 6 nitrogen and oxygen atoms in total. The van der Waals surface area contributed by atoms with E-state index in [0.29, 0.717) is 4.90 Å². The average molecular weight is 477 g/mol. The highest BCUT2D eigenvalue weighted by molar-refractivity contribution is 7.92. The van der Waals surface area contributed by atoms with Crippen molar-refractivity contribution in [3.63, 3.8) is 0 Å². The van der Waals surface area contributed by atoms with Crippen molar-refractivity contribution in [1.29, 1.82) is 0 Å². The molecule has 168 valence electrons. The van der Waals surface area contributed by atoms with E-state index in [2.05, 4.69) is 6.58 Å². The molecule has 0 unspecified atom stereocenters. The molecule has 0 saturated carbocycles. The fourth-order valence-electron chi connectivity index (χ4n) is 2.78. The number of alkyl halides is 3. The van der Waals surface area contributed by atoms with Crippen LogP contribution in [0.5, 0.6) is 5.75 Å². The Kier molecular flexibility index (Phi) is 7.61. The number of ether oxygens (including phenoxy) is 1. The van der Waals surface area contributed by atoms with Crippen LogP contribution in [0, 0.1) is 0 Å². The van der Waals surface area contributed by atoms with E-state index < -0.39 is 28.7 Å². The summed E-state index contributed by atoms with van der Waals surface area (Å²) in [5.41, 5.74) is -0.144. The van der Waals surface area contributed by atoms with Crippen LogP contribution in [0.2, 0.25) is 5.02 Å². The van der Waals surface area contributed by atoms with Crippen LogP contribution in [0.3, 0.4) is 0 Å². The summed E-state index contributed by atoms with van der Waals surface area (Å²) in [7, 11) is -1.92. The molecule has 0 bridgehead atoms. The highest BCUT2D eigenvalue weighted by Gasteiger charge is 2.33. The fourth-order valence-corrected chi connectivity index (χ4v) is 4.45. The van der Waals surface area contributed by atoms with E-state index in [1.54, 1.807) is 18.2 Å². The Morgan fingerprint density at radius 3 is 2.45 bits per heavy atom. The van der Waals surface area contributed by atoms with Crippen LogP contribution < -0.4 is 9.04 Å². The number of anilines is 1. The predicted octanol–water partition coefficient (Wildman–Crippen LogP) is 4.36. The van der Waals surface area contributed by atoms with Gasteiger partial charge in [0.25, 0.3) is 15.9 Å². The van der Waals surface area contributed by atoms with Crippen molar-refractivity contribution in [2.75, 3.05) is 31.6 Å². The third kappa shape index (κ3) is 5.71. The lowest BCUT2D eigenvalue weighted by molar-refractivity contribution is -0.138. The maximum absolute atomic E-state index is 13.4. The molecule has 0 atom stereocenters. The number of hydrogen-bond donors (Lipinski definition) is 0. The van der Waals surface area contributed by atoms with Gasteiger partial charge in [-0.1, -0.05) is 29.8 Å². The van der Waals surface area contributed by atoms with Gasteiger partial charge in [0.2, 0.25) is 0 Å². The molecule has 0 saturated heterocycles. The molecule has 2 rings (SSSR count). The fraction of sp³-hybridized carbons (Fsp3) is 0.250. The summed E-state index contributed by atoms with van der Waals surface area (Å²) in [6, 6.07) is 9.66. The molecule has 0 heterocycles. The first-order chi connectivity index (χ1) is 14.4. The quantitative estimate of drug-likeness (QED) is 0.531. The van der Waals surface area contributed by atoms with Crippen molar-refractivity contribution in [2.45, 2.75) is 11.1 Å². The molecule has 0 N–H and O–H groups in total. The van der Waals surface area contributed by atoms with Gasteiger partial charge in [0.1, 0.15) is 12.3 Å². The van der Waals surface area contributed by atoms with E-state index in [4.69, 9.17) is 16.3 Å². The van der Waals surface area contributed by atoms with E-state index in [0.717, 1.165) is 23.5 Å². The third-order valence-corrected chi connectivity index (χ3v) is 6.27. The first-order valence-corrected chi connectivity index (χ1v) is 10.6. The number of methoxy groups -OCH3 is 1. The molecule has 31 heavy (non-hydrogen) atoms. The van der Waals surface area contributed by atoms with E-state index in [-0.39, 0.29) is 33.5 Å². The van der Waals surface area contributed by atoms with Crippen molar-refractivity contribution >= 4 is 33.2 Å². The van der Waals surface area contributed by atoms with Crippen molar-refractivity contribution in [3.8, 4) is 5.75 Å². The van der Waals surface area contributed by atoms with Gasteiger partial charge in [-0.15, -0.1) is 6.58 Å². The summed E-state index contributed by atoms with van der Waals surface area (Å²) in [6.07, 6.45) is -3.26. The van der Waals surface area contributed by atoms with Crippen molar-refractivity contribution in [2.24, 2.45) is 0 Å². The normalized spacial score (nSPS) is 11.7. The van der Waals surface area contributed by atoms with Gasteiger partial charge in [-0.3, -0.25) is 9.10 Å². The molecule has 0 aliphatic rings. The number of carbonyl (C=O) groups excluding carboxylic acids is 1. The van der Waals surface area contributed by atoms with E-state index in [1.165, 1.54) is 25.3 Å². The molecule has 0 spiro atoms. The van der Waals surface area contributed by atoms with E-state index in [1.807, 2.05) is 0 Å². The maximum atomic E-state index is 13.4. The predicted molar refractivity (Wildman–Crippen MR) is 112 cm³/mol. The Morgan fingerprint density at radius 2 is 1.87 bits per heavy atom. The molecule has 0 radical (unpaired) electrons. The Labute approximate surface area is 183 Å². The molecule has 2 aromatic rings. The summed E-state index contributed by atoms with van der Waals surface area (Å²) in [4.78, 5) is 12.6. The molecule has 0 aromatic heterocycles. The second kappa shape index (κ2) is 9.61. The smallest absolute Gasteiger partial charge is 0.406 e. The van der Waals surface area contributed by atoms with Crippen molar-refractivity contribution < 1.29 is 31.1 Å². The lowest BCUT2D eigenvalue weighted by Crippen LogP contribution is -2.36. The molecule has 0 aliphatic carbocycles. The number of nitrogens with zero attached hydrogens (tertiary/aromatic N) is 2. The second-order valence-electron chi connectivity index (χ2n) is 6.41. The number of para-hydroxylation sites is 2. The van der Waals surface area contributed by atoms with Gasteiger partial charge < -0.3 is 9.64 Å². The van der Waals surface area contributed by atoms with E-state index >= 15 is 0 Å². The van der Waals surface area contributed by atoms with Gasteiger partial charge >= 0.3 is 6.18 Å². The summed E-state index contributed by atoms with van der Waals surface area (Å²) in [6.45, 7) is 1.94. The number of carbonyl (C=O) groups is 1. The highest BCUT2D eigenvalue weighted by atomic mass is 35.5. The highest BCUT2D eigenvalue weighted by Crippen LogP contribution is 2.33. The molecular weight excluding hydrogens is 457 g/mol. The summed E-state index contributed by atoms with van der Waals surface area (Å²) < 4.78 is 70.9. The van der Waals surface area contributed by atoms with Crippen LogP contribution in [0.1, 0.15) is 10.4 Å². The lowest BCUT2D eigenvalue weighted by Gasteiger charge is -2.25. The first-order valence-electron chi connectivity index (χ1n) is 8.80. The summed E-state index contributed by atoms with van der Waals surface area (Å²) in [5, 5.41) is -0.175. The number of rotatable bonds is 8.